The molecule has 3 aromatic rings. The zero-order valence-electron chi connectivity index (χ0n) is 14.2. The van der Waals surface area contributed by atoms with Crippen molar-refractivity contribution in [3.8, 4) is 11.1 Å². The van der Waals surface area contributed by atoms with Gasteiger partial charge in [0, 0.05) is 17.6 Å². The fourth-order valence-electron chi connectivity index (χ4n) is 2.68. The second kappa shape index (κ2) is 8.07. The van der Waals surface area contributed by atoms with Crippen molar-refractivity contribution >= 4 is 17.5 Å². The van der Waals surface area contributed by atoms with E-state index in [1.165, 1.54) is 5.56 Å². The number of carbonyl (C=O) groups is 2. The number of nitrogens with zero attached hydrogens (tertiary/aromatic N) is 1. The molecule has 1 aromatic heterocycles. The number of rotatable bonds is 5. The van der Waals surface area contributed by atoms with Crippen LogP contribution in [0.4, 0.5) is 5.69 Å². The Morgan fingerprint density at radius 2 is 1.65 bits per heavy atom. The maximum atomic E-state index is 11.4. The third-order valence-corrected chi connectivity index (χ3v) is 4.01. The van der Waals surface area contributed by atoms with Gasteiger partial charge in [-0.3, -0.25) is 14.6 Å². The molecule has 130 valence electrons. The Bertz CT molecular complexity index is 923. The van der Waals surface area contributed by atoms with Crippen molar-refractivity contribution in [1.29, 1.82) is 0 Å². The van der Waals surface area contributed by atoms with E-state index in [2.05, 4.69) is 22.4 Å². The third-order valence-electron chi connectivity index (χ3n) is 4.01. The van der Waals surface area contributed by atoms with Crippen LogP contribution in [-0.4, -0.2) is 16.8 Å². The van der Waals surface area contributed by atoms with Crippen LogP contribution < -0.4 is 11.1 Å². The number of nitrogens with one attached hydrogen (secondary N) is 1. The first kappa shape index (κ1) is 17.4. The van der Waals surface area contributed by atoms with Gasteiger partial charge in [-0.15, -0.1) is 0 Å². The molecule has 2 aromatic carbocycles. The van der Waals surface area contributed by atoms with Crippen molar-refractivity contribution in [3.05, 3.63) is 84.2 Å². The summed E-state index contributed by atoms with van der Waals surface area (Å²) < 4.78 is 0. The first-order valence-corrected chi connectivity index (χ1v) is 8.32. The van der Waals surface area contributed by atoms with Crippen LogP contribution in [0.5, 0.6) is 0 Å². The minimum absolute atomic E-state index is 0.522. The summed E-state index contributed by atoms with van der Waals surface area (Å²) in [5, 5.41) is 2.48. The summed E-state index contributed by atoms with van der Waals surface area (Å²) in [6, 6.07) is 21.5. The molecule has 26 heavy (non-hydrogen) atoms. The average Bonchev–Trinajstić information content (AvgIpc) is 2.67. The Labute approximate surface area is 151 Å². The van der Waals surface area contributed by atoms with Crippen molar-refractivity contribution in [2.75, 3.05) is 5.32 Å². The van der Waals surface area contributed by atoms with Gasteiger partial charge in [-0.2, -0.15) is 0 Å². The third kappa shape index (κ3) is 4.54. The summed E-state index contributed by atoms with van der Waals surface area (Å²) in [4.78, 5) is 26.8. The molecule has 0 radical (unpaired) electrons. The molecule has 0 fully saturated rings. The molecule has 3 rings (SSSR count). The molecule has 2 amide bonds. The standard InChI is InChI=1S/C21H19N3O2/c22-20(25)21(26)24-19-8-4-7-16(14-19)17-11-12-23-18(13-17)10-9-15-5-2-1-3-6-15/h1-8,11-14H,9-10H2,(H2,22,25)(H,24,26). The van der Waals surface area contributed by atoms with Gasteiger partial charge in [-0.25, -0.2) is 0 Å². The van der Waals surface area contributed by atoms with Gasteiger partial charge in [-0.1, -0.05) is 42.5 Å². The summed E-state index contributed by atoms with van der Waals surface area (Å²) in [5.41, 5.74) is 9.69. The number of aryl methyl sites for hydroxylation is 2. The average molecular weight is 345 g/mol. The summed E-state index contributed by atoms with van der Waals surface area (Å²) in [5.74, 6) is -1.84. The lowest BCUT2D eigenvalue weighted by Gasteiger charge is -2.08. The van der Waals surface area contributed by atoms with Gasteiger partial charge in [0.1, 0.15) is 0 Å². The molecule has 5 nitrogen and oxygen atoms in total. The normalized spacial score (nSPS) is 10.3. The first-order valence-electron chi connectivity index (χ1n) is 8.32. The highest BCUT2D eigenvalue weighted by atomic mass is 16.2. The fraction of sp³-hybridized carbons (Fsp3) is 0.0952. The van der Waals surface area contributed by atoms with E-state index in [9.17, 15) is 9.59 Å². The number of carbonyl (C=O) groups excluding carboxylic acids is 2. The van der Waals surface area contributed by atoms with Crippen LogP contribution in [0.1, 0.15) is 11.3 Å². The molecule has 3 N–H and O–H groups in total. The SMILES string of the molecule is NC(=O)C(=O)Nc1cccc(-c2ccnc(CCc3ccccc3)c2)c1. The van der Waals surface area contributed by atoms with Crippen molar-refractivity contribution < 1.29 is 9.59 Å². The number of anilines is 1. The van der Waals surface area contributed by atoms with E-state index in [4.69, 9.17) is 5.73 Å². The number of hydrogen-bond donors (Lipinski definition) is 2. The topological polar surface area (TPSA) is 85.1 Å². The maximum absolute atomic E-state index is 11.4. The summed E-state index contributed by atoms with van der Waals surface area (Å²) in [6.07, 6.45) is 3.55. The Morgan fingerprint density at radius 3 is 2.42 bits per heavy atom. The lowest BCUT2D eigenvalue weighted by molar-refractivity contribution is -0.134. The van der Waals surface area contributed by atoms with Crippen LogP contribution in [0.25, 0.3) is 11.1 Å². The molecular weight excluding hydrogens is 326 g/mol. The predicted octanol–water partition coefficient (Wildman–Crippen LogP) is 2.96. The number of hydrogen-bond acceptors (Lipinski definition) is 3. The molecule has 0 unspecified atom stereocenters. The Kier molecular flexibility index (Phi) is 5.39. The molecule has 0 aliphatic rings. The molecular formula is C21H19N3O2. The fourth-order valence-corrected chi connectivity index (χ4v) is 2.68. The van der Waals surface area contributed by atoms with E-state index in [-0.39, 0.29) is 0 Å². The molecule has 1 heterocycles. The summed E-state index contributed by atoms with van der Waals surface area (Å²) >= 11 is 0. The van der Waals surface area contributed by atoms with Crippen molar-refractivity contribution in [2.45, 2.75) is 12.8 Å². The van der Waals surface area contributed by atoms with Crippen LogP contribution in [0, 0.1) is 0 Å². The largest absolute Gasteiger partial charge is 0.361 e. The van der Waals surface area contributed by atoms with Gasteiger partial charge < -0.3 is 11.1 Å². The number of nitrogens with two attached hydrogens (primary N) is 1. The number of pyridine rings is 1. The molecule has 0 saturated carbocycles. The Morgan fingerprint density at radius 1 is 0.885 bits per heavy atom. The smallest absolute Gasteiger partial charge is 0.313 e. The minimum Gasteiger partial charge on any atom is -0.361 e. The monoisotopic (exact) mass is 345 g/mol. The second-order valence-electron chi connectivity index (χ2n) is 5.92. The van der Waals surface area contributed by atoms with Gasteiger partial charge in [0.05, 0.1) is 0 Å². The van der Waals surface area contributed by atoms with Gasteiger partial charge in [0.25, 0.3) is 0 Å². The maximum Gasteiger partial charge on any atom is 0.313 e. The molecule has 5 heteroatoms. The number of benzene rings is 2. The van der Waals surface area contributed by atoms with Crippen LogP contribution in [0.2, 0.25) is 0 Å². The van der Waals surface area contributed by atoms with Crippen LogP contribution in [0.3, 0.4) is 0 Å². The van der Waals surface area contributed by atoms with E-state index >= 15 is 0 Å². The minimum atomic E-state index is -1.01. The van der Waals surface area contributed by atoms with Gasteiger partial charge >= 0.3 is 11.8 Å². The van der Waals surface area contributed by atoms with Crippen LogP contribution in [0.15, 0.2) is 72.9 Å². The predicted molar refractivity (Wildman–Crippen MR) is 101 cm³/mol. The number of aromatic nitrogens is 1. The second-order valence-corrected chi connectivity index (χ2v) is 5.92. The van der Waals surface area contributed by atoms with Crippen molar-refractivity contribution in [1.82, 2.24) is 4.98 Å². The highest BCUT2D eigenvalue weighted by Crippen LogP contribution is 2.23. The van der Waals surface area contributed by atoms with E-state index in [1.54, 1.807) is 18.3 Å². The highest BCUT2D eigenvalue weighted by molar-refractivity contribution is 6.39. The number of amides is 2. The van der Waals surface area contributed by atoms with Crippen molar-refractivity contribution in [2.24, 2.45) is 5.73 Å². The van der Waals surface area contributed by atoms with E-state index < -0.39 is 11.8 Å². The molecule has 0 spiro atoms. The van der Waals surface area contributed by atoms with E-state index in [0.29, 0.717) is 5.69 Å². The molecule has 0 aliphatic carbocycles. The molecule has 0 atom stereocenters. The molecule has 0 bridgehead atoms. The van der Waals surface area contributed by atoms with Gasteiger partial charge in [0.15, 0.2) is 0 Å². The van der Waals surface area contributed by atoms with E-state index in [0.717, 1.165) is 29.7 Å². The zero-order chi connectivity index (χ0) is 18.4. The van der Waals surface area contributed by atoms with Crippen molar-refractivity contribution in [3.63, 3.8) is 0 Å². The summed E-state index contributed by atoms with van der Waals surface area (Å²) in [7, 11) is 0. The highest BCUT2D eigenvalue weighted by Gasteiger charge is 2.09. The Hall–Kier alpha value is -3.47. The first-order chi connectivity index (χ1) is 12.6. The van der Waals surface area contributed by atoms with Gasteiger partial charge in [0.2, 0.25) is 0 Å². The van der Waals surface area contributed by atoms with Crippen LogP contribution in [-0.2, 0) is 22.4 Å². The van der Waals surface area contributed by atoms with Gasteiger partial charge in [-0.05, 0) is 53.8 Å². The summed E-state index contributed by atoms with van der Waals surface area (Å²) in [6.45, 7) is 0. The number of primary amides is 1. The molecule has 0 aliphatic heterocycles. The van der Waals surface area contributed by atoms with Crippen LogP contribution >= 0.6 is 0 Å². The zero-order valence-corrected chi connectivity index (χ0v) is 14.2. The lowest BCUT2D eigenvalue weighted by atomic mass is 10.0. The van der Waals surface area contributed by atoms with E-state index in [1.807, 2.05) is 42.5 Å². The Balaban J connectivity index is 1.75. The molecule has 0 saturated heterocycles. The lowest BCUT2D eigenvalue weighted by Crippen LogP contribution is -2.29. The quantitative estimate of drug-likeness (QED) is 0.697.